The largest absolute Gasteiger partial charge is 0.310 e. The number of aryl methyl sites for hydroxylation is 1. The molecule has 60 heavy (non-hydrogen) atoms. The summed E-state index contributed by atoms with van der Waals surface area (Å²) in [6, 6.07) is 79.4. The van der Waals surface area contributed by atoms with E-state index in [1.54, 1.807) is 0 Å². The lowest BCUT2D eigenvalue weighted by Crippen LogP contribution is -2.10. The van der Waals surface area contributed by atoms with Crippen molar-refractivity contribution in [3.8, 4) is 50.2 Å². The normalized spacial score (nSPS) is 12.1. The molecule has 1 aliphatic carbocycles. The first kappa shape index (κ1) is 35.5. The highest BCUT2D eigenvalue weighted by atomic mass is 15.1. The first-order valence-electron chi connectivity index (χ1n) is 20.9. The highest BCUT2D eigenvalue weighted by Crippen LogP contribution is 2.46. The molecule has 0 aliphatic heterocycles. The van der Waals surface area contributed by atoms with Crippen LogP contribution >= 0.6 is 0 Å². The molecule has 0 unspecified atom stereocenters. The van der Waals surface area contributed by atoms with Crippen molar-refractivity contribution < 1.29 is 0 Å². The Balaban J connectivity index is 1.11. The standard InChI is InChI=1S/C58H42N2/c1-4-18-41(19-5-1)44-23-16-27-49(38-44)59(48-36-34-43(35-37-48)52-30-13-12-29-51(52)42-20-6-2-7-21-42)50-28-17-24-46(39-50)57-53-31-11-10-22-45(53)40-56-58(57)54-32-14-15-33-55(54)60(56)47-25-8-3-9-26-47/h1-9,11-21,23-40H,10,22H2. The van der Waals surface area contributed by atoms with E-state index >= 15 is 0 Å². The van der Waals surface area contributed by atoms with E-state index in [2.05, 4.69) is 240 Å². The Bertz CT molecular complexity index is 3180. The van der Waals surface area contributed by atoms with Gasteiger partial charge in [-0.05, 0) is 129 Å². The quantitative estimate of drug-likeness (QED) is 0.150. The summed E-state index contributed by atoms with van der Waals surface area (Å²) in [6.45, 7) is 0. The summed E-state index contributed by atoms with van der Waals surface area (Å²) in [5, 5.41) is 2.55. The lowest BCUT2D eigenvalue weighted by atomic mass is 9.86. The fraction of sp³-hybridized carbons (Fsp3) is 0.0345. The average molecular weight is 767 g/mol. The van der Waals surface area contributed by atoms with Crippen molar-refractivity contribution in [1.82, 2.24) is 4.57 Å². The van der Waals surface area contributed by atoms with Gasteiger partial charge in [0.25, 0.3) is 0 Å². The molecule has 0 N–H and O–H groups in total. The smallest absolute Gasteiger partial charge is 0.0550 e. The molecule has 0 saturated carbocycles. The summed E-state index contributed by atoms with van der Waals surface area (Å²) in [7, 11) is 0. The highest BCUT2D eigenvalue weighted by molar-refractivity contribution is 6.18. The van der Waals surface area contributed by atoms with Crippen LogP contribution in [0.5, 0.6) is 0 Å². The van der Waals surface area contributed by atoms with Crippen LogP contribution in [0, 0.1) is 0 Å². The number of anilines is 3. The van der Waals surface area contributed by atoms with Gasteiger partial charge in [0.2, 0.25) is 0 Å². The summed E-state index contributed by atoms with van der Waals surface area (Å²) >= 11 is 0. The number of aromatic nitrogens is 1. The van der Waals surface area contributed by atoms with E-state index in [1.807, 2.05) is 0 Å². The lowest BCUT2D eigenvalue weighted by molar-refractivity contribution is 0.987. The van der Waals surface area contributed by atoms with Gasteiger partial charge in [-0.15, -0.1) is 0 Å². The average Bonchev–Trinajstić information content (AvgIpc) is 3.66. The molecule has 11 rings (SSSR count). The van der Waals surface area contributed by atoms with Gasteiger partial charge in [0.15, 0.2) is 0 Å². The summed E-state index contributed by atoms with van der Waals surface area (Å²) in [5.41, 5.74) is 19.4. The van der Waals surface area contributed by atoms with Crippen LogP contribution in [0.15, 0.2) is 224 Å². The van der Waals surface area contributed by atoms with E-state index in [4.69, 9.17) is 0 Å². The topological polar surface area (TPSA) is 8.17 Å². The van der Waals surface area contributed by atoms with Crippen molar-refractivity contribution in [2.75, 3.05) is 4.90 Å². The van der Waals surface area contributed by atoms with E-state index in [1.165, 1.54) is 83.1 Å². The predicted octanol–water partition coefficient (Wildman–Crippen LogP) is 15.9. The van der Waals surface area contributed by atoms with Gasteiger partial charge in [0.05, 0.1) is 11.0 Å². The maximum Gasteiger partial charge on any atom is 0.0550 e. The Kier molecular flexibility index (Phi) is 9.02. The summed E-state index contributed by atoms with van der Waals surface area (Å²) in [5.74, 6) is 0. The van der Waals surface area contributed by atoms with Gasteiger partial charge >= 0.3 is 0 Å². The molecule has 1 aliphatic rings. The number of fused-ring (bicyclic) bond motifs is 4. The summed E-state index contributed by atoms with van der Waals surface area (Å²) < 4.78 is 2.45. The second-order valence-electron chi connectivity index (χ2n) is 15.6. The molecule has 0 amide bonds. The van der Waals surface area contributed by atoms with Gasteiger partial charge < -0.3 is 9.47 Å². The van der Waals surface area contributed by atoms with Crippen LogP contribution in [0.2, 0.25) is 0 Å². The Morgan fingerprint density at radius 1 is 0.400 bits per heavy atom. The first-order valence-corrected chi connectivity index (χ1v) is 20.9. The summed E-state index contributed by atoms with van der Waals surface area (Å²) in [4.78, 5) is 2.42. The number of para-hydroxylation sites is 2. The molecule has 0 fully saturated rings. The molecule has 284 valence electrons. The second kappa shape index (κ2) is 15.2. The molecule has 1 aromatic heterocycles. The number of hydrogen-bond donors (Lipinski definition) is 0. The molecule has 10 aromatic rings. The third kappa shape index (κ3) is 6.31. The highest BCUT2D eigenvalue weighted by Gasteiger charge is 2.23. The molecule has 0 bridgehead atoms. The van der Waals surface area contributed by atoms with Crippen LogP contribution < -0.4 is 4.90 Å². The number of rotatable bonds is 8. The van der Waals surface area contributed by atoms with E-state index < -0.39 is 0 Å². The van der Waals surface area contributed by atoms with Crippen LogP contribution in [-0.4, -0.2) is 4.57 Å². The molecular formula is C58H42N2. The van der Waals surface area contributed by atoms with Gasteiger partial charge in [-0.3, -0.25) is 0 Å². The monoisotopic (exact) mass is 766 g/mol. The van der Waals surface area contributed by atoms with E-state index in [-0.39, 0.29) is 0 Å². The molecule has 0 radical (unpaired) electrons. The van der Waals surface area contributed by atoms with Gasteiger partial charge in [0.1, 0.15) is 0 Å². The van der Waals surface area contributed by atoms with Gasteiger partial charge in [-0.25, -0.2) is 0 Å². The summed E-state index contributed by atoms with van der Waals surface area (Å²) in [6.07, 6.45) is 6.77. The molecule has 1 heterocycles. The zero-order valence-electron chi connectivity index (χ0n) is 33.2. The molecule has 2 heteroatoms. The second-order valence-corrected chi connectivity index (χ2v) is 15.6. The fourth-order valence-electron chi connectivity index (χ4n) is 9.29. The fourth-order valence-corrected chi connectivity index (χ4v) is 9.29. The number of allylic oxidation sites excluding steroid dienone is 1. The van der Waals surface area contributed by atoms with Crippen LogP contribution in [0.4, 0.5) is 17.1 Å². The third-order valence-electron chi connectivity index (χ3n) is 12.0. The Morgan fingerprint density at radius 2 is 0.967 bits per heavy atom. The zero-order chi connectivity index (χ0) is 39.8. The van der Waals surface area contributed by atoms with E-state index in [9.17, 15) is 0 Å². The minimum Gasteiger partial charge on any atom is -0.310 e. The Hall–Kier alpha value is -7.68. The van der Waals surface area contributed by atoms with E-state index in [0.29, 0.717) is 0 Å². The molecule has 0 atom stereocenters. The SMILES string of the molecule is C1=Cc2c(cc3c(c2-c2cccc(N(c4ccc(-c5ccccc5-c5ccccc5)cc4)c4cccc(-c5ccccc5)c4)c2)c2ccccc2n3-c2ccccc2)CC1. The molecule has 9 aromatic carbocycles. The van der Waals surface area contributed by atoms with E-state index in [0.717, 1.165) is 29.9 Å². The van der Waals surface area contributed by atoms with Crippen LogP contribution in [0.1, 0.15) is 17.5 Å². The number of nitrogens with zero attached hydrogens (tertiary/aromatic N) is 2. The van der Waals surface area contributed by atoms with Crippen LogP contribution in [0.3, 0.4) is 0 Å². The zero-order valence-corrected chi connectivity index (χ0v) is 33.2. The van der Waals surface area contributed by atoms with Gasteiger partial charge in [0, 0.05) is 33.5 Å². The Morgan fingerprint density at radius 3 is 1.68 bits per heavy atom. The van der Waals surface area contributed by atoms with Crippen molar-refractivity contribution in [3.05, 3.63) is 236 Å². The Labute approximate surface area is 351 Å². The minimum atomic E-state index is 1.02. The number of benzene rings is 9. The van der Waals surface area contributed by atoms with Gasteiger partial charge in [-0.2, -0.15) is 0 Å². The molecule has 0 spiro atoms. The van der Waals surface area contributed by atoms with Crippen LogP contribution in [-0.2, 0) is 6.42 Å². The van der Waals surface area contributed by atoms with Crippen molar-refractivity contribution in [3.63, 3.8) is 0 Å². The van der Waals surface area contributed by atoms with Crippen molar-refractivity contribution in [2.45, 2.75) is 12.8 Å². The molecular weight excluding hydrogens is 725 g/mol. The minimum absolute atomic E-state index is 1.02. The van der Waals surface area contributed by atoms with Crippen molar-refractivity contribution in [1.29, 1.82) is 0 Å². The van der Waals surface area contributed by atoms with Crippen molar-refractivity contribution in [2.24, 2.45) is 0 Å². The first-order chi connectivity index (χ1) is 29.8. The molecule has 2 nitrogen and oxygen atoms in total. The van der Waals surface area contributed by atoms with Gasteiger partial charge in [-0.1, -0.05) is 170 Å². The maximum absolute atomic E-state index is 2.45. The predicted molar refractivity (Wildman–Crippen MR) is 255 cm³/mol. The maximum atomic E-state index is 2.45. The van der Waals surface area contributed by atoms with Crippen LogP contribution in [0.25, 0.3) is 78.1 Å². The van der Waals surface area contributed by atoms with Crippen molar-refractivity contribution >= 4 is 44.9 Å². The lowest BCUT2D eigenvalue weighted by Gasteiger charge is -2.27. The molecule has 0 saturated heterocycles. The third-order valence-corrected chi connectivity index (χ3v) is 12.0. The number of hydrogen-bond acceptors (Lipinski definition) is 1.